The third kappa shape index (κ3) is 1.57. The first-order chi connectivity index (χ1) is 6.68. The Balaban J connectivity index is 2.55. The second-order valence-corrected chi connectivity index (χ2v) is 4.30. The molecule has 1 heterocycles. The first-order valence-corrected chi connectivity index (χ1v) is 5.74. The molecule has 1 aliphatic rings. The van der Waals surface area contributed by atoms with Gasteiger partial charge in [0, 0.05) is 12.3 Å². The van der Waals surface area contributed by atoms with Crippen LogP contribution in [0.3, 0.4) is 0 Å². The lowest BCUT2D eigenvalue weighted by atomic mass is 10.2. The third-order valence-corrected chi connectivity index (χ3v) is 2.75. The van der Waals surface area contributed by atoms with Gasteiger partial charge in [0.25, 0.3) is 0 Å². The van der Waals surface area contributed by atoms with Crippen molar-refractivity contribution < 1.29 is 13.0 Å². The fraction of sp³-hybridized carbons (Fsp3) is 0.200. The number of hydrogen-bond donors (Lipinski definition) is 0. The summed E-state index contributed by atoms with van der Waals surface area (Å²) in [6.45, 7) is 0. The van der Waals surface area contributed by atoms with Gasteiger partial charge >= 0.3 is 0 Å². The summed E-state index contributed by atoms with van der Waals surface area (Å²) in [6.07, 6.45) is 7.04. The Bertz CT molecular complexity index is 443. The molecule has 2 nitrogen and oxygen atoms in total. The van der Waals surface area contributed by atoms with E-state index in [0.29, 0.717) is 22.8 Å². The maximum Gasteiger partial charge on any atom is 0.191 e. The van der Waals surface area contributed by atoms with E-state index in [1.54, 1.807) is 12.2 Å². The fourth-order valence-electron chi connectivity index (χ4n) is 1.29. The average Bonchev–Trinajstić information content (AvgIpc) is 2.49. The summed E-state index contributed by atoms with van der Waals surface area (Å²) in [4.78, 5) is 0. The van der Waals surface area contributed by atoms with Crippen LogP contribution < -0.4 is 0 Å². The van der Waals surface area contributed by atoms with Gasteiger partial charge in [0.05, 0.1) is 16.4 Å². The predicted molar refractivity (Wildman–Crippen MR) is 53.8 cm³/mol. The van der Waals surface area contributed by atoms with Crippen LogP contribution in [0.2, 0.25) is 0 Å². The molecule has 0 N–H and O–H groups in total. The average molecular weight is 212 g/mol. The van der Waals surface area contributed by atoms with Crippen molar-refractivity contribution in [2.24, 2.45) is 0 Å². The van der Waals surface area contributed by atoms with Gasteiger partial charge in [-0.1, -0.05) is 6.08 Å². The molecule has 74 valence electrons. The Morgan fingerprint density at radius 1 is 1.57 bits per heavy atom. The molecular formula is C10H9FO2S. The van der Waals surface area contributed by atoms with Crippen LogP contribution in [0.4, 0.5) is 4.39 Å². The van der Waals surface area contributed by atoms with Crippen LogP contribution in [0.5, 0.6) is 0 Å². The molecule has 0 bridgehead atoms. The molecule has 1 aromatic heterocycles. The van der Waals surface area contributed by atoms with Crippen molar-refractivity contribution in [2.45, 2.75) is 11.5 Å². The third-order valence-electron chi connectivity index (χ3n) is 1.98. The van der Waals surface area contributed by atoms with Crippen molar-refractivity contribution in [3.05, 3.63) is 29.5 Å². The van der Waals surface area contributed by atoms with Gasteiger partial charge in [0.2, 0.25) is 0 Å². The lowest BCUT2D eigenvalue weighted by molar-refractivity contribution is 0.458. The lowest BCUT2D eigenvalue weighted by Crippen LogP contribution is -1.81. The molecule has 0 amide bonds. The van der Waals surface area contributed by atoms with Crippen LogP contribution in [0.25, 0.3) is 11.9 Å². The van der Waals surface area contributed by atoms with E-state index < -0.39 is 10.8 Å². The van der Waals surface area contributed by atoms with E-state index in [1.165, 1.54) is 18.4 Å². The van der Waals surface area contributed by atoms with E-state index in [0.717, 1.165) is 0 Å². The summed E-state index contributed by atoms with van der Waals surface area (Å²) in [5, 5.41) is 0.310. The number of allylic oxidation sites excluding steroid dienone is 2. The number of halogens is 1. The van der Waals surface area contributed by atoms with E-state index >= 15 is 0 Å². The summed E-state index contributed by atoms with van der Waals surface area (Å²) in [5.74, 6) is 0.131. The number of rotatable bonds is 1. The van der Waals surface area contributed by atoms with Crippen LogP contribution in [-0.2, 0) is 10.8 Å². The van der Waals surface area contributed by atoms with E-state index in [2.05, 4.69) is 0 Å². The van der Waals surface area contributed by atoms with E-state index in [9.17, 15) is 8.60 Å². The molecule has 0 aliphatic heterocycles. The van der Waals surface area contributed by atoms with Crippen molar-refractivity contribution in [3.8, 4) is 0 Å². The normalized spacial score (nSPS) is 17.1. The highest BCUT2D eigenvalue weighted by Gasteiger charge is 2.15. The van der Waals surface area contributed by atoms with Gasteiger partial charge in [-0.15, -0.1) is 0 Å². The van der Waals surface area contributed by atoms with Crippen LogP contribution in [0.15, 0.2) is 27.7 Å². The zero-order chi connectivity index (χ0) is 10.1. The minimum atomic E-state index is -1.21. The molecule has 4 heteroatoms. The fourth-order valence-corrected chi connectivity index (χ4v) is 1.78. The van der Waals surface area contributed by atoms with E-state index in [-0.39, 0.29) is 5.83 Å². The molecule has 1 atom stereocenters. The molecule has 0 radical (unpaired) electrons. The van der Waals surface area contributed by atoms with Gasteiger partial charge in [-0.05, 0) is 18.6 Å². The Labute approximate surface area is 83.6 Å². The Kier molecular flexibility index (Phi) is 2.37. The first kappa shape index (κ1) is 9.40. The maximum absolute atomic E-state index is 13.4. The van der Waals surface area contributed by atoms with Crippen molar-refractivity contribution in [2.75, 3.05) is 6.26 Å². The van der Waals surface area contributed by atoms with Crippen LogP contribution >= 0.6 is 0 Å². The van der Waals surface area contributed by atoms with Crippen molar-refractivity contribution >= 4 is 22.7 Å². The zero-order valence-electron chi connectivity index (χ0n) is 7.62. The zero-order valence-corrected chi connectivity index (χ0v) is 8.44. The second-order valence-electron chi connectivity index (χ2n) is 2.99. The quantitative estimate of drug-likeness (QED) is 0.716. The Hall–Kier alpha value is -1.16. The summed E-state index contributed by atoms with van der Waals surface area (Å²) < 4.78 is 29.7. The van der Waals surface area contributed by atoms with Gasteiger partial charge in [-0.3, -0.25) is 4.21 Å². The van der Waals surface area contributed by atoms with Crippen LogP contribution in [0.1, 0.15) is 17.7 Å². The molecular weight excluding hydrogens is 203 g/mol. The van der Waals surface area contributed by atoms with Gasteiger partial charge in [-0.25, -0.2) is 4.39 Å². The van der Waals surface area contributed by atoms with Crippen molar-refractivity contribution in [3.63, 3.8) is 0 Å². The largest absolute Gasteiger partial charge is 0.447 e. The maximum atomic E-state index is 13.4. The van der Waals surface area contributed by atoms with Gasteiger partial charge in [-0.2, -0.15) is 0 Å². The molecule has 1 unspecified atom stereocenters. The molecule has 0 aromatic carbocycles. The van der Waals surface area contributed by atoms with Crippen molar-refractivity contribution in [1.29, 1.82) is 0 Å². The minimum Gasteiger partial charge on any atom is -0.447 e. The van der Waals surface area contributed by atoms with E-state index in [1.807, 2.05) is 0 Å². The van der Waals surface area contributed by atoms with Gasteiger partial charge in [0.1, 0.15) is 11.6 Å². The van der Waals surface area contributed by atoms with Crippen LogP contribution in [-0.4, -0.2) is 10.5 Å². The standard InChI is InChI=1S/C10H9FO2S/c1-14(12)10-6-7-8(11)4-2-3-5-9(7)13-10/h3-6H,2H2,1H3. The SMILES string of the molecule is CS(=O)c1cc2c(o1)C=CCC=C2F. The highest BCUT2D eigenvalue weighted by molar-refractivity contribution is 7.84. The van der Waals surface area contributed by atoms with E-state index in [4.69, 9.17) is 4.42 Å². The minimum absolute atomic E-state index is 0.310. The smallest absolute Gasteiger partial charge is 0.191 e. The highest BCUT2D eigenvalue weighted by Crippen LogP contribution is 2.29. The molecule has 1 aliphatic carbocycles. The number of furan rings is 1. The Morgan fingerprint density at radius 2 is 2.36 bits per heavy atom. The molecule has 0 saturated heterocycles. The number of hydrogen-bond acceptors (Lipinski definition) is 2. The molecule has 0 fully saturated rings. The predicted octanol–water partition coefficient (Wildman–Crippen LogP) is 2.74. The summed E-state index contributed by atoms with van der Waals surface area (Å²) in [7, 11) is -1.21. The molecule has 0 spiro atoms. The Morgan fingerprint density at radius 3 is 3.07 bits per heavy atom. The van der Waals surface area contributed by atoms with Gasteiger partial charge in [0.15, 0.2) is 5.09 Å². The first-order valence-electron chi connectivity index (χ1n) is 4.18. The number of fused-ring (bicyclic) bond motifs is 1. The molecule has 2 rings (SSSR count). The topological polar surface area (TPSA) is 30.2 Å². The van der Waals surface area contributed by atoms with Crippen LogP contribution in [0, 0.1) is 0 Å². The summed E-state index contributed by atoms with van der Waals surface area (Å²) in [6, 6.07) is 1.49. The highest BCUT2D eigenvalue weighted by atomic mass is 32.2. The van der Waals surface area contributed by atoms with Gasteiger partial charge < -0.3 is 4.42 Å². The summed E-state index contributed by atoms with van der Waals surface area (Å²) >= 11 is 0. The van der Waals surface area contributed by atoms with Crippen molar-refractivity contribution in [1.82, 2.24) is 0 Å². The summed E-state index contributed by atoms with van der Waals surface area (Å²) in [5.41, 5.74) is 0.393. The lowest BCUT2D eigenvalue weighted by Gasteiger charge is -1.89. The monoisotopic (exact) mass is 212 g/mol. The molecule has 1 aromatic rings. The second kappa shape index (κ2) is 3.53. The molecule has 14 heavy (non-hydrogen) atoms. The molecule has 0 saturated carbocycles.